The van der Waals surface area contributed by atoms with Crippen LogP contribution in [0.5, 0.6) is 11.5 Å². The van der Waals surface area contributed by atoms with Gasteiger partial charge in [0, 0.05) is 37.2 Å². The van der Waals surface area contributed by atoms with E-state index in [4.69, 9.17) is 9.47 Å². The molecule has 2 fully saturated rings. The zero-order valence-corrected chi connectivity index (χ0v) is 14.3. The number of benzene rings is 1. The van der Waals surface area contributed by atoms with E-state index in [0.29, 0.717) is 49.4 Å². The molecule has 3 aliphatic rings. The van der Waals surface area contributed by atoms with Crippen LogP contribution in [0.3, 0.4) is 0 Å². The molecule has 1 atom stereocenters. The highest BCUT2D eigenvalue weighted by Crippen LogP contribution is 2.33. The van der Waals surface area contributed by atoms with Gasteiger partial charge in [-0.2, -0.15) is 0 Å². The molecule has 25 heavy (non-hydrogen) atoms. The molecule has 0 aromatic heterocycles. The van der Waals surface area contributed by atoms with Crippen LogP contribution in [0, 0.1) is 5.92 Å². The summed E-state index contributed by atoms with van der Waals surface area (Å²) in [5.41, 5.74) is 0.681. The van der Waals surface area contributed by atoms with Gasteiger partial charge in [0.25, 0.3) is 0 Å². The molecule has 2 heterocycles. The standard InChI is InChI=1S/C19H24N2O4/c22-18-10-13(12-21(18)15-4-1-2-5-15)19(23)20-14-6-7-16-17(11-14)25-9-3-8-24-16/h6-7,11,13,15H,1-5,8-10,12H2,(H,20,23)/t13-/m0/s1. The number of amides is 2. The van der Waals surface area contributed by atoms with Crippen molar-refractivity contribution in [1.82, 2.24) is 4.90 Å². The monoisotopic (exact) mass is 344 g/mol. The van der Waals surface area contributed by atoms with E-state index in [0.717, 1.165) is 19.3 Å². The number of carbonyl (C=O) groups excluding carboxylic acids is 2. The van der Waals surface area contributed by atoms with Crippen molar-refractivity contribution in [3.05, 3.63) is 18.2 Å². The zero-order chi connectivity index (χ0) is 17.2. The lowest BCUT2D eigenvalue weighted by Gasteiger charge is -2.23. The van der Waals surface area contributed by atoms with Crippen LogP contribution in [0.15, 0.2) is 18.2 Å². The molecule has 1 aliphatic carbocycles. The summed E-state index contributed by atoms with van der Waals surface area (Å²) in [6.07, 6.45) is 5.67. The maximum absolute atomic E-state index is 12.6. The molecule has 2 aliphatic heterocycles. The number of anilines is 1. The minimum Gasteiger partial charge on any atom is -0.490 e. The molecular weight excluding hydrogens is 320 g/mol. The van der Waals surface area contributed by atoms with Gasteiger partial charge in [0.15, 0.2) is 11.5 Å². The fraction of sp³-hybridized carbons (Fsp3) is 0.579. The Morgan fingerprint density at radius 3 is 2.64 bits per heavy atom. The van der Waals surface area contributed by atoms with Crippen LogP contribution in [-0.2, 0) is 9.59 Å². The average Bonchev–Trinajstić information content (AvgIpc) is 3.19. The number of ether oxygens (including phenoxy) is 2. The largest absolute Gasteiger partial charge is 0.490 e. The van der Waals surface area contributed by atoms with Crippen molar-refractivity contribution in [1.29, 1.82) is 0 Å². The van der Waals surface area contributed by atoms with Gasteiger partial charge in [-0.25, -0.2) is 0 Å². The van der Waals surface area contributed by atoms with Crippen LogP contribution in [0.1, 0.15) is 38.5 Å². The normalized spacial score (nSPS) is 23.6. The first kappa shape index (κ1) is 16.2. The average molecular weight is 344 g/mol. The van der Waals surface area contributed by atoms with E-state index in [1.54, 1.807) is 6.07 Å². The third-order valence-corrected chi connectivity index (χ3v) is 5.31. The number of nitrogens with one attached hydrogen (secondary N) is 1. The molecule has 6 nitrogen and oxygen atoms in total. The van der Waals surface area contributed by atoms with Crippen molar-refractivity contribution in [2.75, 3.05) is 25.1 Å². The molecule has 0 bridgehead atoms. The maximum Gasteiger partial charge on any atom is 0.229 e. The SMILES string of the molecule is O=C(Nc1ccc2c(c1)OCCCO2)[C@H]1CC(=O)N(C2CCCC2)C1. The predicted molar refractivity (Wildman–Crippen MR) is 92.8 cm³/mol. The minimum absolute atomic E-state index is 0.0941. The zero-order valence-electron chi connectivity index (χ0n) is 14.3. The van der Waals surface area contributed by atoms with Gasteiger partial charge in [-0.05, 0) is 25.0 Å². The molecule has 1 saturated carbocycles. The molecule has 134 valence electrons. The summed E-state index contributed by atoms with van der Waals surface area (Å²) >= 11 is 0. The Morgan fingerprint density at radius 1 is 1.08 bits per heavy atom. The molecule has 6 heteroatoms. The summed E-state index contributed by atoms with van der Waals surface area (Å²) in [5.74, 6) is 1.11. The van der Waals surface area contributed by atoms with Crippen molar-refractivity contribution in [3.63, 3.8) is 0 Å². The maximum atomic E-state index is 12.6. The van der Waals surface area contributed by atoms with Crippen molar-refractivity contribution in [2.45, 2.75) is 44.6 Å². The molecule has 4 rings (SSSR count). The van der Waals surface area contributed by atoms with Crippen LogP contribution in [0.4, 0.5) is 5.69 Å². The Balaban J connectivity index is 1.40. The van der Waals surface area contributed by atoms with Gasteiger partial charge in [-0.15, -0.1) is 0 Å². The summed E-state index contributed by atoms with van der Waals surface area (Å²) < 4.78 is 11.3. The Bertz CT molecular complexity index is 669. The van der Waals surface area contributed by atoms with Crippen molar-refractivity contribution in [3.8, 4) is 11.5 Å². The third-order valence-electron chi connectivity index (χ3n) is 5.31. The van der Waals surface area contributed by atoms with Crippen LogP contribution < -0.4 is 14.8 Å². The molecule has 1 aromatic carbocycles. The number of carbonyl (C=O) groups is 2. The summed E-state index contributed by atoms with van der Waals surface area (Å²) in [5, 5.41) is 2.93. The van der Waals surface area contributed by atoms with Crippen molar-refractivity contribution in [2.24, 2.45) is 5.92 Å². The number of likely N-dealkylation sites (tertiary alicyclic amines) is 1. The molecule has 0 spiro atoms. The quantitative estimate of drug-likeness (QED) is 0.915. The van der Waals surface area contributed by atoms with Gasteiger partial charge >= 0.3 is 0 Å². The van der Waals surface area contributed by atoms with E-state index >= 15 is 0 Å². The molecular formula is C19H24N2O4. The molecule has 1 saturated heterocycles. The number of hydrogen-bond acceptors (Lipinski definition) is 4. The number of nitrogens with zero attached hydrogens (tertiary/aromatic N) is 1. The van der Waals surface area contributed by atoms with E-state index < -0.39 is 0 Å². The second-order valence-corrected chi connectivity index (χ2v) is 7.09. The summed E-state index contributed by atoms with van der Waals surface area (Å²) in [6.45, 7) is 1.79. The smallest absolute Gasteiger partial charge is 0.229 e. The van der Waals surface area contributed by atoms with Gasteiger partial charge in [0.1, 0.15) is 0 Å². The summed E-state index contributed by atoms with van der Waals surface area (Å²) in [6, 6.07) is 5.77. The highest BCUT2D eigenvalue weighted by Gasteiger charge is 2.38. The highest BCUT2D eigenvalue weighted by atomic mass is 16.5. The number of rotatable bonds is 3. The van der Waals surface area contributed by atoms with Crippen molar-refractivity contribution < 1.29 is 19.1 Å². The van der Waals surface area contributed by atoms with Gasteiger partial charge in [-0.1, -0.05) is 12.8 Å². The highest BCUT2D eigenvalue weighted by molar-refractivity contribution is 5.97. The fourth-order valence-electron chi connectivity index (χ4n) is 3.96. The number of fused-ring (bicyclic) bond motifs is 1. The van der Waals surface area contributed by atoms with Crippen LogP contribution in [0.2, 0.25) is 0 Å². The molecule has 0 unspecified atom stereocenters. The topological polar surface area (TPSA) is 67.9 Å². The molecule has 1 N–H and O–H groups in total. The summed E-state index contributed by atoms with van der Waals surface area (Å²) in [7, 11) is 0. The first-order valence-corrected chi connectivity index (χ1v) is 9.21. The molecule has 2 amide bonds. The van der Waals surface area contributed by atoms with Gasteiger partial charge in [0.05, 0.1) is 19.1 Å². The number of hydrogen-bond donors (Lipinski definition) is 1. The second kappa shape index (κ2) is 6.94. The lowest BCUT2D eigenvalue weighted by atomic mass is 10.1. The fourth-order valence-corrected chi connectivity index (χ4v) is 3.96. The van der Waals surface area contributed by atoms with E-state index in [2.05, 4.69) is 5.32 Å². The van der Waals surface area contributed by atoms with Gasteiger partial charge in [-0.3, -0.25) is 9.59 Å². The Labute approximate surface area is 147 Å². The van der Waals surface area contributed by atoms with E-state index in [9.17, 15) is 9.59 Å². The van der Waals surface area contributed by atoms with Crippen LogP contribution in [-0.4, -0.2) is 42.5 Å². The lowest BCUT2D eigenvalue weighted by Crippen LogP contribution is -2.35. The van der Waals surface area contributed by atoms with E-state index in [1.807, 2.05) is 17.0 Å². The molecule has 0 radical (unpaired) electrons. The minimum atomic E-state index is -0.274. The second-order valence-electron chi connectivity index (χ2n) is 7.09. The van der Waals surface area contributed by atoms with Crippen LogP contribution >= 0.6 is 0 Å². The first-order chi connectivity index (χ1) is 12.2. The first-order valence-electron chi connectivity index (χ1n) is 9.21. The molecule has 1 aromatic rings. The summed E-state index contributed by atoms with van der Waals surface area (Å²) in [4.78, 5) is 26.8. The Kier molecular flexibility index (Phi) is 4.51. The third kappa shape index (κ3) is 3.43. The van der Waals surface area contributed by atoms with Crippen LogP contribution in [0.25, 0.3) is 0 Å². The van der Waals surface area contributed by atoms with Crippen molar-refractivity contribution >= 4 is 17.5 Å². The Morgan fingerprint density at radius 2 is 1.84 bits per heavy atom. The van der Waals surface area contributed by atoms with Gasteiger partial charge in [0.2, 0.25) is 11.8 Å². The van der Waals surface area contributed by atoms with E-state index in [1.165, 1.54) is 12.8 Å². The Hall–Kier alpha value is -2.24. The van der Waals surface area contributed by atoms with Gasteiger partial charge < -0.3 is 19.7 Å². The predicted octanol–water partition coefficient (Wildman–Crippen LogP) is 2.58. The lowest BCUT2D eigenvalue weighted by molar-refractivity contribution is -0.129. The van der Waals surface area contributed by atoms with E-state index in [-0.39, 0.29) is 17.7 Å².